The van der Waals surface area contributed by atoms with Gasteiger partial charge in [-0.2, -0.15) is 0 Å². The van der Waals surface area contributed by atoms with Gasteiger partial charge in [0.25, 0.3) is 5.91 Å². The molecule has 2 N–H and O–H groups in total. The molecule has 9 heteroatoms. The Morgan fingerprint density at radius 3 is 2.45 bits per heavy atom. The van der Waals surface area contributed by atoms with Crippen LogP contribution in [0, 0.1) is 11.8 Å². The van der Waals surface area contributed by atoms with E-state index < -0.39 is 29.6 Å². The van der Waals surface area contributed by atoms with Crippen LogP contribution in [0.2, 0.25) is 0 Å². The van der Waals surface area contributed by atoms with Crippen LogP contribution in [0.25, 0.3) is 0 Å². The first-order valence-electron chi connectivity index (χ1n) is 10.4. The standard InChI is InChI=1S/C20H33N3O6/c1-20(2,3)29-19(27)21-17(25)16-9-6-10-23(16)18(26)15(12-22(28)13-24)11-14-7-4-5-8-14/h13-16,28H,4-12H2,1-3H3,(H,21,25,27)/t15-,16+/m1/s1. The predicted octanol–water partition coefficient (Wildman–Crippen LogP) is 2.07. The van der Waals surface area contributed by atoms with Crippen LogP contribution >= 0.6 is 0 Å². The number of hydrogen-bond donors (Lipinski definition) is 2. The lowest BCUT2D eigenvalue weighted by molar-refractivity contribution is -0.158. The fraction of sp³-hybridized carbons (Fsp3) is 0.800. The monoisotopic (exact) mass is 411 g/mol. The number of amides is 4. The van der Waals surface area contributed by atoms with Gasteiger partial charge in [0.2, 0.25) is 12.3 Å². The normalized spacial score (nSPS) is 21.0. The Morgan fingerprint density at radius 1 is 1.21 bits per heavy atom. The van der Waals surface area contributed by atoms with Crippen molar-refractivity contribution in [1.82, 2.24) is 15.3 Å². The highest BCUT2D eigenvalue weighted by molar-refractivity contribution is 5.97. The minimum absolute atomic E-state index is 0.101. The van der Waals surface area contributed by atoms with Crippen molar-refractivity contribution in [3.8, 4) is 0 Å². The molecular formula is C20H33N3O6. The topological polar surface area (TPSA) is 116 Å². The lowest BCUT2D eigenvalue weighted by atomic mass is 9.91. The van der Waals surface area contributed by atoms with Gasteiger partial charge in [-0.1, -0.05) is 25.7 Å². The number of hydroxylamine groups is 2. The summed E-state index contributed by atoms with van der Waals surface area (Å²) in [6.45, 7) is 5.39. The molecule has 1 aliphatic heterocycles. The average molecular weight is 411 g/mol. The van der Waals surface area contributed by atoms with Gasteiger partial charge in [0.05, 0.1) is 12.5 Å². The number of alkyl carbamates (subject to hydrolysis) is 1. The first-order valence-corrected chi connectivity index (χ1v) is 10.4. The highest BCUT2D eigenvalue weighted by Crippen LogP contribution is 2.32. The second-order valence-corrected chi connectivity index (χ2v) is 8.99. The van der Waals surface area contributed by atoms with E-state index in [1.54, 1.807) is 20.8 Å². The molecular weight excluding hydrogens is 378 g/mol. The van der Waals surface area contributed by atoms with Gasteiger partial charge >= 0.3 is 6.09 Å². The molecule has 0 bridgehead atoms. The number of likely N-dealkylation sites (tertiary alicyclic amines) is 1. The largest absolute Gasteiger partial charge is 0.444 e. The summed E-state index contributed by atoms with van der Waals surface area (Å²) in [6.07, 6.45) is 5.40. The molecule has 2 fully saturated rings. The maximum atomic E-state index is 13.2. The molecule has 9 nitrogen and oxygen atoms in total. The van der Waals surface area contributed by atoms with Crippen molar-refractivity contribution in [1.29, 1.82) is 0 Å². The van der Waals surface area contributed by atoms with Gasteiger partial charge in [0.1, 0.15) is 11.6 Å². The van der Waals surface area contributed by atoms with E-state index in [1.165, 1.54) is 4.90 Å². The van der Waals surface area contributed by atoms with Gasteiger partial charge < -0.3 is 9.64 Å². The van der Waals surface area contributed by atoms with Crippen LogP contribution in [0.5, 0.6) is 0 Å². The second kappa shape index (κ2) is 10.0. The number of carbonyl (C=O) groups is 4. The Bertz CT molecular complexity index is 612. The van der Waals surface area contributed by atoms with Gasteiger partial charge in [-0.15, -0.1) is 0 Å². The minimum Gasteiger partial charge on any atom is -0.444 e. The van der Waals surface area contributed by atoms with Crippen LogP contribution in [0.15, 0.2) is 0 Å². The van der Waals surface area contributed by atoms with Crippen molar-refractivity contribution >= 4 is 24.3 Å². The molecule has 2 aliphatic rings. The number of hydrogen-bond acceptors (Lipinski definition) is 6. The van der Waals surface area contributed by atoms with Crippen molar-refractivity contribution in [3.63, 3.8) is 0 Å². The Hall–Kier alpha value is -2.16. The zero-order valence-electron chi connectivity index (χ0n) is 17.6. The summed E-state index contributed by atoms with van der Waals surface area (Å²) < 4.78 is 5.11. The first kappa shape index (κ1) is 23.1. The summed E-state index contributed by atoms with van der Waals surface area (Å²) in [5.74, 6) is -1.04. The zero-order valence-corrected chi connectivity index (χ0v) is 17.6. The molecule has 1 saturated heterocycles. The van der Waals surface area contributed by atoms with Crippen molar-refractivity contribution in [3.05, 3.63) is 0 Å². The Kier molecular flexibility index (Phi) is 8.01. The number of ether oxygens (including phenoxy) is 1. The fourth-order valence-electron chi connectivity index (χ4n) is 4.20. The molecule has 2 atom stereocenters. The summed E-state index contributed by atoms with van der Waals surface area (Å²) in [7, 11) is 0. The fourth-order valence-corrected chi connectivity index (χ4v) is 4.20. The molecule has 0 radical (unpaired) electrons. The SMILES string of the molecule is CC(C)(C)OC(=O)NC(=O)[C@@H]1CCCN1C(=O)[C@H](CC1CCCC1)CN(O)C=O. The minimum atomic E-state index is -0.841. The van der Waals surface area contributed by atoms with Crippen molar-refractivity contribution in [2.24, 2.45) is 11.8 Å². The van der Waals surface area contributed by atoms with E-state index in [-0.39, 0.29) is 18.9 Å². The highest BCUT2D eigenvalue weighted by Gasteiger charge is 2.39. The maximum absolute atomic E-state index is 13.2. The van der Waals surface area contributed by atoms with E-state index in [1.807, 2.05) is 0 Å². The molecule has 0 unspecified atom stereocenters. The van der Waals surface area contributed by atoms with Gasteiger partial charge in [0.15, 0.2) is 0 Å². The summed E-state index contributed by atoms with van der Waals surface area (Å²) in [6, 6.07) is -0.760. The summed E-state index contributed by atoms with van der Waals surface area (Å²) >= 11 is 0. The lowest BCUT2D eigenvalue weighted by Gasteiger charge is -2.30. The van der Waals surface area contributed by atoms with Gasteiger partial charge in [-0.05, 0) is 46.0 Å². The number of rotatable bonds is 7. The molecule has 1 heterocycles. The second-order valence-electron chi connectivity index (χ2n) is 8.99. The van der Waals surface area contributed by atoms with Gasteiger partial charge in [-0.25, -0.2) is 9.86 Å². The van der Waals surface area contributed by atoms with Crippen molar-refractivity contribution < 1.29 is 29.1 Å². The summed E-state index contributed by atoms with van der Waals surface area (Å²) in [5.41, 5.74) is -0.735. The van der Waals surface area contributed by atoms with E-state index in [0.717, 1.165) is 25.7 Å². The Balaban J connectivity index is 2.04. The van der Waals surface area contributed by atoms with Gasteiger partial charge in [-0.3, -0.25) is 24.9 Å². The number of carbonyl (C=O) groups excluding carboxylic acids is 4. The van der Waals surface area contributed by atoms with E-state index in [4.69, 9.17) is 4.74 Å². The average Bonchev–Trinajstić information content (AvgIpc) is 3.30. The van der Waals surface area contributed by atoms with E-state index in [2.05, 4.69) is 5.32 Å². The van der Waals surface area contributed by atoms with Crippen LogP contribution in [0.1, 0.15) is 65.7 Å². The number of nitrogens with one attached hydrogen (secondary N) is 1. The molecule has 0 aromatic carbocycles. The third-order valence-corrected chi connectivity index (χ3v) is 5.43. The third kappa shape index (κ3) is 6.99. The molecule has 164 valence electrons. The van der Waals surface area contributed by atoms with Crippen LogP contribution in [0.4, 0.5) is 4.79 Å². The molecule has 2 rings (SSSR count). The molecule has 0 spiro atoms. The van der Waals surface area contributed by atoms with E-state index >= 15 is 0 Å². The quantitative estimate of drug-likeness (QED) is 0.376. The molecule has 1 saturated carbocycles. The van der Waals surface area contributed by atoms with E-state index in [0.29, 0.717) is 36.8 Å². The predicted molar refractivity (Wildman–Crippen MR) is 104 cm³/mol. The zero-order chi connectivity index (χ0) is 21.6. The van der Waals surface area contributed by atoms with Crippen LogP contribution < -0.4 is 5.32 Å². The maximum Gasteiger partial charge on any atom is 0.414 e. The summed E-state index contributed by atoms with van der Waals surface area (Å²) in [4.78, 5) is 50.0. The molecule has 0 aromatic heterocycles. The van der Waals surface area contributed by atoms with Gasteiger partial charge in [0, 0.05) is 6.54 Å². The van der Waals surface area contributed by atoms with Crippen LogP contribution in [-0.4, -0.2) is 64.2 Å². The Labute approximate surface area is 171 Å². The molecule has 4 amide bonds. The van der Waals surface area contributed by atoms with E-state index in [9.17, 15) is 24.4 Å². The molecule has 0 aromatic rings. The molecule has 29 heavy (non-hydrogen) atoms. The van der Waals surface area contributed by atoms with Crippen LogP contribution in [0.3, 0.4) is 0 Å². The lowest BCUT2D eigenvalue weighted by Crippen LogP contribution is -2.51. The number of imide groups is 1. The van der Waals surface area contributed by atoms with Crippen molar-refractivity contribution in [2.45, 2.75) is 77.4 Å². The first-order chi connectivity index (χ1) is 13.6. The summed E-state index contributed by atoms with van der Waals surface area (Å²) in [5, 5.41) is 12.4. The third-order valence-electron chi connectivity index (χ3n) is 5.43. The number of nitrogens with zero attached hydrogens (tertiary/aromatic N) is 2. The van der Waals surface area contributed by atoms with Crippen LogP contribution in [-0.2, 0) is 19.1 Å². The Morgan fingerprint density at radius 2 is 1.86 bits per heavy atom. The van der Waals surface area contributed by atoms with Crippen molar-refractivity contribution in [2.75, 3.05) is 13.1 Å². The smallest absolute Gasteiger partial charge is 0.414 e. The highest BCUT2D eigenvalue weighted by atomic mass is 16.6. The molecule has 1 aliphatic carbocycles.